The minimum Gasteiger partial charge on any atom is -0.462 e. The van der Waals surface area contributed by atoms with E-state index in [-0.39, 0.29) is 12.2 Å². The van der Waals surface area contributed by atoms with E-state index in [0.717, 1.165) is 12.1 Å². The molecule has 0 saturated heterocycles. The van der Waals surface area contributed by atoms with Crippen LogP contribution < -0.4 is 0 Å². The van der Waals surface area contributed by atoms with Crippen molar-refractivity contribution in [1.29, 1.82) is 0 Å². The Morgan fingerprint density at radius 2 is 1.83 bits per heavy atom. The third-order valence-electron chi connectivity index (χ3n) is 3.63. The first-order valence-electron chi connectivity index (χ1n) is 7.40. The lowest BCUT2D eigenvalue weighted by Crippen LogP contribution is -2.34. The molecule has 0 spiro atoms. The molecule has 0 bridgehead atoms. The number of aliphatic imine (C=N–C) groups is 1. The number of carbonyl (C=O) groups excluding carboxylic acids is 1. The highest BCUT2D eigenvalue weighted by molar-refractivity contribution is 7.78. The number of rotatable bonds is 5. The van der Waals surface area contributed by atoms with Gasteiger partial charge in [0, 0.05) is 0 Å². The van der Waals surface area contributed by atoms with Crippen LogP contribution in [0.4, 0.5) is 13.2 Å². The second-order valence-corrected chi connectivity index (χ2v) is 6.68. The summed E-state index contributed by atoms with van der Waals surface area (Å²) in [4.78, 5) is 16.0. The molecule has 0 heterocycles. The quantitative estimate of drug-likeness (QED) is 0.422. The fourth-order valence-electron chi connectivity index (χ4n) is 2.04. The zero-order valence-corrected chi connectivity index (χ0v) is 14.8. The molecule has 0 aliphatic heterocycles. The molecule has 24 heavy (non-hydrogen) atoms. The largest absolute Gasteiger partial charge is 0.462 e. The van der Waals surface area contributed by atoms with E-state index >= 15 is 0 Å². The molecule has 1 unspecified atom stereocenters. The van der Waals surface area contributed by atoms with Crippen molar-refractivity contribution in [2.45, 2.75) is 45.8 Å². The highest BCUT2D eigenvalue weighted by Gasteiger charge is 2.37. The van der Waals surface area contributed by atoms with E-state index in [1.54, 1.807) is 27.7 Å². The van der Waals surface area contributed by atoms with Crippen molar-refractivity contribution >= 4 is 23.3 Å². The van der Waals surface area contributed by atoms with Crippen molar-refractivity contribution in [1.82, 2.24) is 0 Å². The number of hydrogen-bond acceptors (Lipinski definition) is 4. The number of isothiocyanates is 1. The molecule has 0 radical (unpaired) electrons. The average Bonchev–Trinajstić information content (AvgIpc) is 2.49. The zero-order chi connectivity index (χ0) is 18.6. The first-order valence-corrected chi connectivity index (χ1v) is 7.81. The summed E-state index contributed by atoms with van der Waals surface area (Å²) in [5.74, 6) is -0.466. The lowest BCUT2D eigenvalue weighted by molar-refractivity contribution is -0.155. The predicted octanol–water partition coefficient (Wildman–Crippen LogP) is 5.00. The summed E-state index contributed by atoms with van der Waals surface area (Å²) >= 11 is 4.65. The first kappa shape index (κ1) is 20.3. The Morgan fingerprint density at radius 1 is 1.25 bits per heavy atom. The average molecular weight is 359 g/mol. The van der Waals surface area contributed by atoms with Crippen molar-refractivity contribution in [2.24, 2.45) is 10.4 Å². The SMILES string of the molecule is CCC(COC(=O)C(C)(C)C)(N=C=S)c1cccc(C(F)(F)F)c1. The normalized spacial score (nSPS) is 14.5. The van der Waals surface area contributed by atoms with Gasteiger partial charge in [0.1, 0.15) is 12.1 Å². The molecule has 0 aliphatic rings. The molecule has 0 fully saturated rings. The second-order valence-electron chi connectivity index (χ2n) is 6.49. The van der Waals surface area contributed by atoms with Gasteiger partial charge in [0.15, 0.2) is 0 Å². The van der Waals surface area contributed by atoms with Crippen molar-refractivity contribution in [3.63, 3.8) is 0 Å². The van der Waals surface area contributed by atoms with Crippen molar-refractivity contribution in [3.8, 4) is 0 Å². The van der Waals surface area contributed by atoms with Gasteiger partial charge in [-0.05, 0) is 57.1 Å². The van der Waals surface area contributed by atoms with E-state index in [0.29, 0.717) is 6.42 Å². The van der Waals surface area contributed by atoms with Gasteiger partial charge in [-0.3, -0.25) is 4.79 Å². The number of carbonyl (C=O) groups is 1. The number of esters is 1. The first-order chi connectivity index (χ1) is 11.0. The standard InChI is InChI=1S/C17H20F3NO2S/c1-5-16(21-11-24,10-23-14(22)15(2,3)4)12-7-6-8-13(9-12)17(18,19)20/h6-9H,5,10H2,1-4H3. The second kappa shape index (κ2) is 7.45. The Morgan fingerprint density at radius 3 is 2.29 bits per heavy atom. The van der Waals surface area contributed by atoms with Gasteiger partial charge in [-0.2, -0.15) is 13.2 Å². The van der Waals surface area contributed by atoms with E-state index in [9.17, 15) is 18.0 Å². The lowest BCUT2D eigenvalue weighted by atomic mass is 9.87. The van der Waals surface area contributed by atoms with Crippen LogP contribution in [0.1, 0.15) is 45.2 Å². The maximum atomic E-state index is 13.0. The summed E-state index contributed by atoms with van der Waals surface area (Å²) < 4.78 is 44.2. The highest BCUT2D eigenvalue weighted by atomic mass is 32.1. The number of ether oxygens (including phenoxy) is 1. The van der Waals surface area contributed by atoms with Gasteiger partial charge in [0.2, 0.25) is 0 Å². The van der Waals surface area contributed by atoms with E-state index < -0.39 is 28.7 Å². The highest BCUT2D eigenvalue weighted by Crippen LogP contribution is 2.35. The summed E-state index contributed by atoms with van der Waals surface area (Å²) in [5, 5.41) is 2.21. The van der Waals surface area contributed by atoms with Crippen molar-refractivity contribution in [3.05, 3.63) is 35.4 Å². The molecule has 1 aromatic rings. The molecule has 3 nitrogen and oxygen atoms in total. The number of benzene rings is 1. The molecule has 1 aromatic carbocycles. The van der Waals surface area contributed by atoms with Crippen LogP contribution in [0, 0.1) is 5.41 Å². The third kappa shape index (κ3) is 4.89. The van der Waals surface area contributed by atoms with Gasteiger partial charge in [-0.15, -0.1) is 0 Å². The van der Waals surface area contributed by atoms with Gasteiger partial charge in [-0.25, -0.2) is 4.99 Å². The molecule has 0 aromatic heterocycles. The Balaban J connectivity index is 3.26. The van der Waals surface area contributed by atoms with Crippen LogP contribution in [0.15, 0.2) is 29.3 Å². The van der Waals surface area contributed by atoms with Crippen LogP contribution in [0.5, 0.6) is 0 Å². The summed E-state index contributed by atoms with van der Waals surface area (Å²) in [5.41, 5.74) is -2.43. The number of halogens is 3. The molecule has 1 atom stereocenters. The Bertz CT molecular complexity index is 646. The van der Waals surface area contributed by atoms with Crippen molar-refractivity contribution in [2.75, 3.05) is 6.61 Å². The van der Waals surface area contributed by atoms with Crippen LogP contribution in [-0.2, 0) is 21.2 Å². The van der Waals surface area contributed by atoms with Crippen molar-refractivity contribution < 1.29 is 22.7 Å². The fourth-order valence-corrected chi connectivity index (χ4v) is 2.21. The topological polar surface area (TPSA) is 38.7 Å². The number of alkyl halides is 3. The van der Waals surface area contributed by atoms with Gasteiger partial charge in [-0.1, -0.05) is 19.1 Å². The zero-order valence-electron chi connectivity index (χ0n) is 14.0. The third-order valence-corrected chi connectivity index (χ3v) is 3.72. The van der Waals surface area contributed by atoms with Gasteiger partial charge in [0.25, 0.3) is 0 Å². The van der Waals surface area contributed by atoms with E-state index in [4.69, 9.17) is 4.74 Å². The van der Waals surface area contributed by atoms with E-state index in [2.05, 4.69) is 22.4 Å². The van der Waals surface area contributed by atoms with Gasteiger partial charge >= 0.3 is 12.1 Å². The van der Waals surface area contributed by atoms with Gasteiger partial charge < -0.3 is 4.74 Å². The number of thiocarbonyl (C=S) groups is 1. The van der Waals surface area contributed by atoms with Gasteiger partial charge in [0.05, 0.1) is 16.1 Å². The van der Waals surface area contributed by atoms with Crippen LogP contribution in [0.3, 0.4) is 0 Å². The van der Waals surface area contributed by atoms with Crippen LogP contribution in [0.2, 0.25) is 0 Å². The molecule has 0 saturated carbocycles. The maximum absolute atomic E-state index is 13.0. The smallest absolute Gasteiger partial charge is 0.416 e. The lowest BCUT2D eigenvalue weighted by Gasteiger charge is -2.29. The Kier molecular flexibility index (Phi) is 6.31. The van der Waals surface area contributed by atoms with E-state index in [1.165, 1.54) is 12.1 Å². The summed E-state index contributed by atoms with van der Waals surface area (Å²) in [7, 11) is 0. The number of nitrogens with zero attached hydrogens (tertiary/aromatic N) is 1. The number of hydrogen-bond donors (Lipinski definition) is 0. The molecular weight excluding hydrogens is 339 g/mol. The minimum atomic E-state index is -4.47. The molecule has 7 heteroatoms. The molecule has 0 aliphatic carbocycles. The summed E-state index contributed by atoms with van der Waals surface area (Å²) in [6.07, 6.45) is -4.17. The predicted molar refractivity (Wildman–Crippen MR) is 88.9 cm³/mol. The minimum absolute atomic E-state index is 0.204. The Hall–Kier alpha value is -1.72. The Labute approximate surface area is 144 Å². The molecule has 0 N–H and O–H groups in total. The monoisotopic (exact) mass is 359 g/mol. The molecule has 1 rings (SSSR count). The summed E-state index contributed by atoms with van der Waals surface area (Å²) in [6.45, 7) is 6.60. The summed E-state index contributed by atoms with van der Waals surface area (Å²) in [6, 6.07) is 4.80. The van der Waals surface area contributed by atoms with Crippen LogP contribution in [0.25, 0.3) is 0 Å². The fraction of sp³-hybridized carbons (Fsp3) is 0.529. The van der Waals surface area contributed by atoms with Crippen LogP contribution in [-0.4, -0.2) is 17.7 Å². The molecule has 0 amide bonds. The molecular formula is C17H20F3NO2S. The maximum Gasteiger partial charge on any atom is 0.416 e. The molecule has 132 valence electrons. The van der Waals surface area contributed by atoms with Crippen LogP contribution >= 0.6 is 12.2 Å². The van der Waals surface area contributed by atoms with E-state index in [1.807, 2.05) is 0 Å².